The zero-order valence-electron chi connectivity index (χ0n) is 14.3. The predicted octanol–water partition coefficient (Wildman–Crippen LogP) is 2.00. The quantitative estimate of drug-likeness (QED) is 0.770. The maximum absolute atomic E-state index is 12.5. The van der Waals surface area contributed by atoms with Crippen molar-refractivity contribution in [2.75, 3.05) is 13.7 Å². The van der Waals surface area contributed by atoms with Gasteiger partial charge in [0.2, 0.25) is 5.91 Å². The van der Waals surface area contributed by atoms with Gasteiger partial charge in [-0.15, -0.1) is 0 Å². The van der Waals surface area contributed by atoms with Crippen molar-refractivity contribution in [2.45, 2.75) is 44.2 Å². The second-order valence-corrected chi connectivity index (χ2v) is 7.23. The maximum Gasteiger partial charge on any atom is 0.223 e. The molecule has 132 valence electrons. The molecule has 1 aromatic carbocycles. The Hall–Kier alpha value is -1.59. The van der Waals surface area contributed by atoms with Crippen LogP contribution in [0.5, 0.6) is 5.75 Å². The summed E-state index contributed by atoms with van der Waals surface area (Å²) in [7, 11) is 1.61. The van der Waals surface area contributed by atoms with E-state index in [1.54, 1.807) is 7.11 Å². The number of fused-ring (bicyclic) bond motifs is 2. The van der Waals surface area contributed by atoms with E-state index in [1.807, 2.05) is 24.3 Å². The molecule has 2 aliphatic rings. The Kier molecular flexibility index (Phi) is 5.41. The van der Waals surface area contributed by atoms with Gasteiger partial charge >= 0.3 is 0 Å². The highest BCUT2D eigenvalue weighted by molar-refractivity contribution is 5.78. The first-order valence-corrected chi connectivity index (χ1v) is 8.93. The SMILES string of the molecule is COc1ccc(C(O)CNC(=O)C2CC3CCCC(C2)C3N)cc1. The third-order valence-electron chi connectivity index (χ3n) is 5.75. The lowest BCUT2D eigenvalue weighted by Crippen LogP contribution is -2.49. The van der Waals surface area contributed by atoms with Crippen LogP contribution in [0.1, 0.15) is 43.8 Å². The van der Waals surface area contributed by atoms with Crippen LogP contribution in [0.25, 0.3) is 0 Å². The molecule has 2 aliphatic carbocycles. The Morgan fingerprint density at radius 2 is 1.92 bits per heavy atom. The number of carbonyl (C=O) groups excluding carboxylic acids is 1. The zero-order valence-corrected chi connectivity index (χ0v) is 14.3. The number of carbonyl (C=O) groups is 1. The summed E-state index contributed by atoms with van der Waals surface area (Å²) >= 11 is 0. The van der Waals surface area contributed by atoms with Gasteiger partial charge in [-0.05, 0) is 55.2 Å². The minimum absolute atomic E-state index is 0.0446. The number of amides is 1. The van der Waals surface area contributed by atoms with Crippen LogP contribution < -0.4 is 15.8 Å². The zero-order chi connectivity index (χ0) is 17.1. The molecule has 3 unspecified atom stereocenters. The van der Waals surface area contributed by atoms with Gasteiger partial charge in [-0.2, -0.15) is 0 Å². The monoisotopic (exact) mass is 332 g/mol. The van der Waals surface area contributed by atoms with Crippen LogP contribution >= 0.6 is 0 Å². The van der Waals surface area contributed by atoms with E-state index in [2.05, 4.69) is 5.32 Å². The normalized spacial score (nSPS) is 30.5. The van der Waals surface area contributed by atoms with Crippen molar-refractivity contribution in [3.8, 4) is 5.75 Å². The third-order valence-corrected chi connectivity index (χ3v) is 5.75. The van der Waals surface area contributed by atoms with Gasteiger partial charge < -0.3 is 20.9 Å². The van der Waals surface area contributed by atoms with Crippen LogP contribution in [0.4, 0.5) is 0 Å². The second-order valence-electron chi connectivity index (χ2n) is 7.23. The van der Waals surface area contributed by atoms with E-state index < -0.39 is 6.10 Å². The largest absolute Gasteiger partial charge is 0.497 e. The fourth-order valence-corrected chi connectivity index (χ4v) is 4.29. The van der Waals surface area contributed by atoms with Crippen molar-refractivity contribution in [3.63, 3.8) is 0 Å². The Morgan fingerprint density at radius 1 is 1.29 bits per heavy atom. The van der Waals surface area contributed by atoms with E-state index in [0.717, 1.165) is 37.0 Å². The van der Waals surface area contributed by atoms with Gasteiger partial charge in [0.1, 0.15) is 5.75 Å². The molecule has 0 saturated heterocycles. The minimum atomic E-state index is -0.704. The fraction of sp³-hybridized carbons (Fsp3) is 0.632. The number of aliphatic hydroxyl groups excluding tert-OH is 1. The molecule has 5 nitrogen and oxygen atoms in total. The van der Waals surface area contributed by atoms with Gasteiger partial charge in [-0.1, -0.05) is 18.6 Å². The second kappa shape index (κ2) is 7.53. The first-order chi connectivity index (χ1) is 11.6. The van der Waals surface area contributed by atoms with Gasteiger partial charge in [0.05, 0.1) is 13.2 Å². The number of hydrogen-bond acceptors (Lipinski definition) is 4. The van der Waals surface area contributed by atoms with E-state index >= 15 is 0 Å². The summed E-state index contributed by atoms with van der Waals surface area (Å²) in [6.07, 6.45) is 4.62. The molecule has 3 atom stereocenters. The number of nitrogens with one attached hydrogen (secondary N) is 1. The van der Waals surface area contributed by atoms with E-state index in [-0.39, 0.29) is 24.4 Å². The van der Waals surface area contributed by atoms with E-state index in [0.29, 0.717) is 11.8 Å². The standard InChI is InChI=1S/C19H28N2O3/c1-24-16-7-5-12(6-8-16)17(22)11-21-19(23)15-9-13-3-2-4-14(10-15)18(13)20/h5-8,13-15,17-18,22H,2-4,9-11,20H2,1H3,(H,21,23). The molecule has 1 aromatic rings. The molecule has 0 heterocycles. The molecule has 0 aliphatic heterocycles. The Balaban J connectivity index is 1.51. The summed E-state index contributed by atoms with van der Waals surface area (Å²) in [5.41, 5.74) is 7.06. The van der Waals surface area contributed by atoms with E-state index in [1.165, 1.54) is 6.42 Å². The van der Waals surface area contributed by atoms with Gasteiger partial charge in [0, 0.05) is 18.5 Å². The number of rotatable bonds is 5. The molecule has 24 heavy (non-hydrogen) atoms. The van der Waals surface area contributed by atoms with Crippen LogP contribution in [0.2, 0.25) is 0 Å². The molecule has 1 amide bonds. The number of benzene rings is 1. The van der Waals surface area contributed by atoms with Crippen molar-refractivity contribution < 1.29 is 14.6 Å². The van der Waals surface area contributed by atoms with Gasteiger partial charge in [-0.25, -0.2) is 0 Å². The van der Waals surface area contributed by atoms with Crippen LogP contribution in [0.15, 0.2) is 24.3 Å². The molecule has 2 fully saturated rings. The van der Waals surface area contributed by atoms with E-state index in [4.69, 9.17) is 10.5 Å². The molecule has 0 spiro atoms. The lowest BCUT2D eigenvalue weighted by atomic mass is 9.65. The van der Waals surface area contributed by atoms with Crippen molar-refractivity contribution >= 4 is 5.91 Å². The average Bonchev–Trinajstić information content (AvgIpc) is 2.59. The van der Waals surface area contributed by atoms with E-state index in [9.17, 15) is 9.90 Å². The van der Waals surface area contributed by atoms with Crippen LogP contribution in [0, 0.1) is 17.8 Å². The summed E-state index contributed by atoms with van der Waals surface area (Å²) in [6, 6.07) is 7.53. The van der Waals surface area contributed by atoms with Crippen molar-refractivity contribution in [1.82, 2.24) is 5.32 Å². The number of methoxy groups -OCH3 is 1. The van der Waals surface area contributed by atoms with Gasteiger partial charge in [0.25, 0.3) is 0 Å². The van der Waals surface area contributed by atoms with Crippen LogP contribution in [-0.4, -0.2) is 30.7 Å². The molecule has 0 radical (unpaired) electrons. The summed E-state index contributed by atoms with van der Waals surface area (Å²) in [5, 5.41) is 13.2. The number of ether oxygens (including phenoxy) is 1. The Morgan fingerprint density at radius 3 is 2.50 bits per heavy atom. The topological polar surface area (TPSA) is 84.6 Å². The lowest BCUT2D eigenvalue weighted by molar-refractivity contribution is -0.128. The molecule has 3 rings (SSSR count). The summed E-state index contributed by atoms with van der Waals surface area (Å²) in [6.45, 7) is 0.239. The highest BCUT2D eigenvalue weighted by Gasteiger charge is 2.40. The van der Waals surface area contributed by atoms with Crippen LogP contribution in [0.3, 0.4) is 0 Å². The molecule has 5 heteroatoms. The third kappa shape index (κ3) is 3.73. The van der Waals surface area contributed by atoms with Crippen molar-refractivity contribution in [1.29, 1.82) is 0 Å². The number of hydrogen-bond donors (Lipinski definition) is 3. The molecule has 4 N–H and O–H groups in total. The molecule has 2 bridgehead atoms. The van der Waals surface area contributed by atoms with Crippen molar-refractivity contribution in [2.24, 2.45) is 23.5 Å². The number of aliphatic hydroxyl groups is 1. The maximum atomic E-state index is 12.5. The fourth-order valence-electron chi connectivity index (χ4n) is 4.29. The Labute approximate surface area is 143 Å². The lowest BCUT2D eigenvalue weighted by Gasteiger charge is -2.43. The van der Waals surface area contributed by atoms with Crippen molar-refractivity contribution in [3.05, 3.63) is 29.8 Å². The van der Waals surface area contributed by atoms with Gasteiger partial charge in [0.15, 0.2) is 0 Å². The predicted molar refractivity (Wildman–Crippen MR) is 92.5 cm³/mol. The first kappa shape index (κ1) is 17.2. The van der Waals surface area contributed by atoms with Crippen LogP contribution in [-0.2, 0) is 4.79 Å². The smallest absolute Gasteiger partial charge is 0.223 e. The first-order valence-electron chi connectivity index (χ1n) is 8.93. The minimum Gasteiger partial charge on any atom is -0.497 e. The number of nitrogens with two attached hydrogens (primary N) is 1. The van der Waals surface area contributed by atoms with Gasteiger partial charge in [-0.3, -0.25) is 4.79 Å². The average molecular weight is 332 g/mol. The highest BCUT2D eigenvalue weighted by Crippen LogP contribution is 2.41. The summed E-state index contributed by atoms with van der Waals surface area (Å²) in [5.74, 6) is 1.83. The molecule has 0 aromatic heterocycles. The molecule has 2 saturated carbocycles. The summed E-state index contributed by atoms with van der Waals surface area (Å²) in [4.78, 5) is 12.5. The molecular weight excluding hydrogens is 304 g/mol. The summed E-state index contributed by atoms with van der Waals surface area (Å²) < 4.78 is 5.11. The molecular formula is C19H28N2O3. The Bertz CT molecular complexity index is 546. The highest BCUT2D eigenvalue weighted by atomic mass is 16.5.